The fraction of sp³-hybridized carbons (Fsp3) is 0.238. The fourth-order valence-corrected chi connectivity index (χ4v) is 3.75. The highest BCUT2D eigenvalue weighted by Crippen LogP contribution is 2.33. The number of allylic oxidation sites excluding steroid dienone is 1. The zero-order valence-electron chi connectivity index (χ0n) is 15.6. The standard InChI is InChI=1S/C21H22N2O3S/c1-14-18(20(24)26-3)19(16-7-5-4-6-8-16)23-21(22-14)27-13-15-9-11-17(25-2)12-10-15/h4-12,19H,13H2,1-3H3,(H,22,23). The lowest BCUT2D eigenvalue weighted by molar-refractivity contribution is -0.136. The number of carbonyl (C=O) groups is 1. The van der Waals surface area contributed by atoms with E-state index in [-0.39, 0.29) is 12.0 Å². The molecule has 27 heavy (non-hydrogen) atoms. The lowest BCUT2D eigenvalue weighted by Crippen LogP contribution is -2.30. The van der Waals surface area contributed by atoms with Crippen LogP contribution < -0.4 is 10.1 Å². The number of nitrogens with one attached hydrogen (secondary N) is 1. The molecular formula is C21H22N2O3S. The zero-order valence-corrected chi connectivity index (χ0v) is 16.4. The van der Waals surface area contributed by atoms with E-state index in [4.69, 9.17) is 14.5 Å². The molecule has 5 nitrogen and oxygen atoms in total. The van der Waals surface area contributed by atoms with Gasteiger partial charge in [0.15, 0.2) is 5.17 Å². The van der Waals surface area contributed by atoms with Crippen molar-refractivity contribution >= 4 is 22.9 Å². The number of benzene rings is 2. The molecule has 1 unspecified atom stereocenters. The van der Waals surface area contributed by atoms with Crippen LogP contribution in [0.2, 0.25) is 0 Å². The van der Waals surface area contributed by atoms with Crippen LogP contribution in [0.4, 0.5) is 0 Å². The highest BCUT2D eigenvalue weighted by atomic mass is 32.2. The van der Waals surface area contributed by atoms with Crippen molar-refractivity contribution in [1.29, 1.82) is 0 Å². The molecule has 1 N–H and O–H groups in total. The molecule has 2 aromatic carbocycles. The Bertz CT molecular complexity index is 861. The first-order valence-electron chi connectivity index (χ1n) is 8.57. The monoisotopic (exact) mass is 382 g/mol. The minimum Gasteiger partial charge on any atom is -0.497 e. The summed E-state index contributed by atoms with van der Waals surface area (Å²) in [6.45, 7) is 1.88. The van der Waals surface area contributed by atoms with Gasteiger partial charge in [0.25, 0.3) is 0 Å². The zero-order chi connectivity index (χ0) is 19.2. The molecule has 0 saturated carbocycles. The van der Waals surface area contributed by atoms with Crippen LogP contribution in [0.25, 0.3) is 0 Å². The van der Waals surface area contributed by atoms with Gasteiger partial charge in [-0.3, -0.25) is 0 Å². The predicted molar refractivity (Wildman–Crippen MR) is 109 cm³/mol. The molecule has 2 aromatic rings. The van der Waals surface area contributed by atoms with Crippen molar-refractivity contribution in [3.05, 3.63) is 77.0 Å². The highest BCUT2D eigenvalue weighted by molar-refractivity contribution is 8.13. The lowest BCUT2D eigenvalue weighted by atomic mass is 9.97. The molecule has 1 aliphatic rings. The minimum absolute atomic E-state index is 0.364. The van der Waals surface area contributed by atoms with Crippen molar-refractivity contribution in [2.75, 3.05) is 14.2 Å². The van der Waals surface area contributed by atoms with Gasteiger partial charge in [-0.25, -0.2) is 9.79 Å². The van der Waals surface area contributed by atoms with Crippen molar-refractivity contribution < 1.29 is 14.3 Å². The molecule has 1 aliphatic heterocycles. The molecule has 0 saturated heterocycles. The molecule has 1 atom stereocenters. The lowest BCUT2D eigenvalue weighted by Gasteiger charge is -2.25. The Morgan fingerprint density at radius 3 is 2.44 bits per heavy atom. The predicted octanol–water partition coefficient (Wildman–Crippen LogP) is 4.08. The third kappa shape index (κ3) is 4.52. The van der Waals surface area contributed by atoms with Gasteiger partial charge < -0.3 is 14.8 Å². The molecule has 1 heterocycles. The molecule has 3 rings (SSSR count). The summed E-state index contributed by atoms with van der Waals surface area (Å²) < 4.78 is 10.2. The van der Waals surface area contributed by atoms with Gasteiger partial charge in [0.05, 0.1) is 19.8 Å². The number of esters is 1. The third-order valence-corrected chi connectivity index (χ3v) is 5.23. The topological polar surface area (TPSA) is 59.9 Å². The molecule has 0 radical (unpaired) electrons. The van der Waals surface area contributed by atoms with E-state index in [9.17, 15) is 4.79 Å². The number of nitrogens with zero attached hydrogens (tertiary/aromatic N) is 1. The van der Waals surface area contributed by atoms with Crippen LogP contribution in [0.15, 0.2) is 70.9 Å². The van der Waals surface area contributed by atoms with Gasteiger partial charge in [0.2, 0.25) is 0 Å². The number of ether oxygens (including phenoxy) is 2. The van der Waals surface area contributed by atoms with E-state index in [0.29, 0.717) is 5.57 Å². The molecule has 0 bridgehead atoms. The van der Waals surface area contributed by atoms with E-state index < -0.39 is 0 Å². The summed E-state index contributed by atoms with van der Waals surface area (Å²) in [4.78, 5) is 17.1. The second kappa shape index (κ2) is 8.77. The summed E-state index contributed by atoms with van der Waals surface area (Å²) in [7, 11) is 3.05. The Morgan fingerprint density at radius 1 is 1.11 bits per heavy atom. The fourth-order valence-electron chi connectivity index (χ4n) is 2.84. The maximum Gasteiger partial charge on any atom is 0.338 e. The van der Waals surface area contributed by atoms with E-state index >= 15 is 0 Å². The van der Waals surface area contributed by atoms with E-state index in [2.05, 4.69) is 5.32 Å². The van der Waals surface area contributed by atoms with Gasteiger partial charge in [-0.05, 0) is 30.2 Å². The van der Waals surface area contributed by atoms with Crippen LogP contribution in [-0.4, -0.2) is 25.4 Å². The first kappa shape index (κ1) is 19.0. The van der Waals surface area contributed by atoms with Gasteiger partial charge in [-0.2, -0.15) is 0 Å². The largest absolute Gasteiger partial charge is 0.497 e. The number of methoxy groups -OCH3 is 2. The van der Waals surface area contributed by atoms with Gasteiger partial charge in [-0.15, -0.1) is 0 Å². The summed E-state index contributed by atoms with van der Waals surface area (Å²) in [5.41, 5.74) is 3.43. The Kier molecular flexibility index (Phi) is 6.19. The number of hydrogen-bond acceptors (Lipinski definition) is 6. The van der Waals surface area contributed by atoms with Crippen molar-refractivity contribution in [3.63, 3.8) is 0 Å². The van der Waals surface area contributed by atoms with Gasteiger partial charge in [0.1, 0.15) is 11.8 Å². The van der Waals surface area contributed by atoms with Gasteiger partial charge in [0, 0.05) is 11.4 Å². The first-order chi connectivity index (χ1) is 13.1. The van der Waals surface area contributed by atoms with Crippen molar-refractivity contribution in [2.45, 2.75) is 18.7 Å². The van der Waals surface area contributed by atoms with Gasteiger partial charge in [-0.1, -0.05) is 54.2 Å². The van der Waals surface area contributed by atoms with E-state index in [1.807, 2.05) is 61.5 Å². The van der Waals surface area contributed by atoms with Crippen LogP contribution in [0.3, 0.4) is 0 Å². The normalized spacial score (nSPS) is 16.4. The van der Waals surface area contributed by atoms with Crippen molar-refractivity contribution in [3.8, 4) is 5.75 Å². The SMILES string of the molecule is COC(=O)C1=C(C)NC(SCc2ccc(OC)cc2)=NC1c1ccccc1. The number of amidine groups is 1. The summed E-state index contributed by atoms with van der Waals surface area (Å²) >= 11 is 1.60. The Hall–Kier alpha value is -2.73. The van der Waals surface area contributed by atoms with Crippen LogP contribution in [0, 0.1) is 0 Å². The highest BCUT2D eigenvalue weighted by Gasteiger charge is 2.29. The van der Waals surface area contributed by atoms with Crippen LogP contribution in [0.5, 0.6) is 5.75 Å². The molecule has 0 aromatic heterocycles. The third-order valence-electron chi connectivity index (χ3n) is 4.27. The molecule has 6 heteroatoms. The molecule has 140 valence electrons. The van der Waals surface area contributed by atoms with Crippen LogP contribution >= 0.6 is 11.8 Å². The molecule has 0 spiro atoms. The summed E-state index contributed by atoms with van der Waals surface area (Å²) in [6, 6.07) is 17.4. The Balaban J connectivity index is 1.81. The number of aliphatic imine (C=N–C) groups is 1. The molecular weight excluding hydrogens is 360 g/mol. The second-order valence-electron chi connectivity index (χ2n) is 6.04. The van der Waals surface area contributed by atoms with E-state index in [0.717, 1.165) is 27.9 Å². The first-order valence-corrected chi connectivity index (χ1v) is 9.55. The Morgan fingerprint density at radius 2 is 1.81 bits per heavy atom. The number of rotatable bonds is 5. The smallest absolute Gasteiger partial charge is 0.338 e. The summed E-state index contributed by atoms with van der Waals surface area (Å²) in [5.74, 6) is 1.23. The Labute approximate surface area is 163 Å². The maximum atomic E-state index is 12.3. The number of hydrogen-bond donors (Lipinski definition) is 1. The molecule has 0 amide bonds. The average Bonchev–Trinajstić information content (AvgIpc) is 2.72. The van der Waals surface area contributed by atoms with Crippen LogP contribution in [-0.2, 0) is 15.3 Å². The molecule has 0 aliphatic carbocycles. The summed E-state index contributed by atoms with van der Waals surface area (Å²) in [5, 5.41) is 4.02. The quantitative estimate of drug-likeness (QED) is 0.790. The maximum absolute atomic E-state index is 12.3. The number of thioether (sulfide) groups is 1. The minimum atomic E-state index is -0.377. The molecule has 0 fully saturated rings. The van der Waals surface area contributed by atoms with Crippen molar-refractivity contribution in [2.24, 2.45) is 4.99 Å². The second-order valence-corrected chi connectivity index (χ2v) is 7.00. The van der Waals surface area contributed by atoms with Crippen LogP contribution in [0.1, 0.15) is 24.1 Å². The van der Waals surface area contributed by atoms with E-state index in [1.54, 1.807) is 18.9 Å². The number of carbonyl (C=O) groups excluding carboxylic acids is 1. The van der Waals surface area contributed by atoms with Crippen molar-refractivity contribution in [1.82, 2.24) is 5.32 Å². The van der Waals surface area contributed by atoms with E-state index in [1.165, 1.54) is 12.7 Å². The summed E-state index contributed by atoms with van der Waals surface area (Å²) in [6.07, 6.45) is 0. The average molecular weight is 382 g/mol. The van der Waals surface area contributed by atoms with Gasteiger partial charge >= 0.3 is 5.97 Å².